The molecule has 2 N–H and O–H groups in total. The maximum atomic E-state index is 17.0. The molecule has 4 aromatic rings. The van der Waals surface area contributed by atoms with Crippen molar-refractivity contribution in [2.75, 3.05) is 51.3 Å². The van der Waals surface area contributed by atoms with Gasteiger partial charge in [-0.05, 0) is 49.3 Å². The fourth-order valence-corrected chi connectivity index (χ4v) is 8.36. The van der Waals surface area contributed by atoms with Crippen LogP contribution in [0.4, 0.5) is 14.6 Å². The molecule has 6 heterocycles. The van der Waals surface area contributed by atoms with Gasteiger partial charge in [0.05, 0.1) is 32.7 Å². The molecule has 2 aromatic heterocycles. The number of ether oxygens (including phenoxy) is 2. The smallest absolute Gasteiger partial charge is 0.319 e. The highest BCUT2D eigenvalue weighted by Crippen LogP contribution is 2.44. The third kappa shape index (κ3) is 4.89. The lowest BCUT2D eigenvalue weighted by Crippen LogP contribution is -2.61. The largest absolute Gasteiger partial charge is 0.508 e. The molecule has 8 rings (SSSR count). The number of phenols is 1. The van der Waals surface area contributed by atoms with Gasteiger partial charge in [-0.2, -0.15) is 9.97 Å². The number of nitrogens with one attached hydrogen (secondary N) is 1. The van der Waals surface area contributed by atoms with Crippen LogP contribution >= 0.6 is 0 Å². The third-order valence-electron chi connectivity index (χ3n) is 10.3. The number of aromatic nitrogens is 3. The van der Waals surface area contributed by atoms with Crippen molar-refractivity contribution in [3.63, 3.8) is 0 Å². The van der Waals surface area contributed by atoms with Crippen molar-refractivity contribution in [3.8, 4) is 35.4 Å². The van der Waals surface area contributed by atoms with Gasteiger partial charge in [-0.3, -0.25) is 9.88 Å². The first kappa shape index (κ1) is 27.3. The van der Waals surface area contributed by atoms with E-state index in [9.17, 15) is 9.50 Å². The quantitative estimate of drug-likeness (QED) is 0.209. The molecule has 4 fully saturated rings. The van der Waals surface area contributed by atoms with Gasteiger partial charge in [0.15, 0.2) is 5.82 Å². The maximum absolute atomic E-state index is 17.0. The second-order valence-corrected chi connectivity index (χ2v) is 13.7. The number of rotatable bonds is 7. The number of anilines is 1. The van der Waals surface area contributed by atoms with Gasteiger partial charge in [-0.15, -0.1) is 6.42 Å². The number of pyridine rings is 1. The summed E-state index contributed by atoms with van der Waals surface area (Å²) in [7, 11) is -2.56. The van der Waals surface area contributed by atoms with E-state index in [1.165, 1.54) is 30.5 Å². The summed E-state index contributed by atoms with van der Waals surface area (Å²) in [5, 5.41) is 15.1. The van der Waals surface area contributed by atoms with E-state index >= 15 is 4.39 Å². The summed E-state index contributed by atoms with van der Waals surface area (Å²) < 4.78 is 66.5. The van der Waals surface area contributed by atoms with Crippen molar-refractivity contribution in [2.24, 2.45) is 0 Å². The first-order chi connectivity index (χ1) is 24.3. The van der Waals surface area contributed by atoms with E-state index in [4.69, 9.17) is 25.0 Å². The van der Waals surface area contributed by atoms with Gasteiger partial charge in [0.25, 0.3) is 0 Å². The maximum Gasteiger partial charge on any atom is 0.319 e. The molecule has 4 aliphatic rings. The molecule has 2 bridgehead atoms. The fraction of sp³-hybridized carbons (Fsp3) is 0.378. The highest BCUT2D eigenvalue weighted by atomic mass is 19.1. The lowest BCUT2D eigenvalue weighted by molar-refractivity contribution is 0.107. The van der Waals surface area contributed by atoms with Crippen molar-refractivity contribution in [2.45, 2.75) is 42.8 Å². The summed E-state index contributed by atoms with van der Waals surface area (Å²) in [4.78, 5) is 18.2. The molecule has 0 amide bonds. The van der Waals surface area contributed by atoms with Crippen LogP contribution in [0.3, 0.4) is 0 Å². The minimum atomic E-state index is -2.56. The average Bonchev–Trinajstić information content (AvgIpc) is 3.66. The van der Waals surface area contributed by atoms with Crippen LogP contribution in [0.5, 0.6) is 11.8 Å². The first-order valence-corrected chi connectivity index (χ1v) is 15.9. The molecule has 9 nitrogen and oxygen atoms in total. The Bertz CT molecular complexity index is 2170. The van der Waals surface area contributed by atoms with Crippen LogP contribution in [0, 0.1) is 24.0 Å². The SMILES string of the molecule is [2H]C([2H])([2H])OCC12CCC(CN(c3nc(OCC45CC(=C)CN4CC(=C)C5)nc4c(F)c(-c5cc(O)cc6ccc(F)c(C#C)c56)ncc34)C1)N2. The van der Waals surface area contributed by atoms with Crippen LogP contribution in [-0.2, 0) is 4.74 Å². The molecular formula is C37H36F2N6O3. The number of nitrogens with zero attached hydrogens (tertiary/aromatic N) is 5. The van der Waals surface area contributed by atoms with E-state index in [1.54, 1.807) is 0 Å². The highest BCUT2D eigenvalue weighted by molar-refractivity contribution is 6.03. The van der Waals surface area contributed by atoms with Crippen LogP contribution in [-0.4, -0.2) is 88.5 Å². The van der Waals surface area contributed by atoms with Crippen molar-refractivity contribution in [3.05, 3.63) is 72.0 Å². The monoisotopic (exact) mass is 653 g/mol. The number of hydrogen-bond donors (Lipinski definition) is 2. The summed E-state index contributed by atoms with van der Waals surface area (Å²) in [6.07, 6.45) is 10.1. The van der Waals surface area contributed by atoms with Crippen molar-refractivity contribution in [1.82, 2.24) is 25.2 Å². The van der Waals surface area contributed by atoms with Crippen molar-refractivity contribution < 1.29 is 27.5 Å². The second-order valence-electron chi connectivity index (χ2n) is 13.7. The predicted octanol–water partition coefficient (Wildman–Crippen LogP) is 5.11. The van der Waals surface area contributed by atoms with E-state index in [0.29, 0.717) is 36.1 Å². The van der Waals surface area contributed by atoms with E-state index in [1.807, 2.05) is 4.90 Å². The number of piperazine rings is 1. The number of fused-ring (bicyclic) bond motifs is 5. The summed E-state index contributed by atoms with van der Waals surface area (Å²) >= 11 is 0. The number of phenolic OH excluding ortho intramolecular Hbond substituents is 1. The molecule has 246 valence electrons. The van der Waals surface area contributed by atoms with Crippen LogP contribution in [0.25, 0.3) is 32.9 Å². The van der Waals surface area contributed by atoms with Gasteiger partial charge in [0, 0.05) is 56.4 Å². The summed E-state index contributed by atoms with van der Waals surface area (Å²) in [5.74, 6) is 1.06. The molecule has 0 saturated carbocycles. The lowest BCUT2D eigenvalue weighted by atomic mass is 9.92. The van der Waals surface area contributed by atoms with Gasteiger partial charge in [0.1, 0.15) is 35.2 Å². The molecule has 0 radical (unpaired) electrons. The third-order valence-corrected chi connectivity index (χ3v) is 10.3. The van der Waals surface area contributed by atoms with Crippen molar-refractivity contribution in [1.29, 1.82) is 0 Å². The van der Waals surface area contributed by atoms with Crippen LogP contribution in [0.1, 0.15) is 35.4 Å². The van der Waals surface area contributed by atoms with E-state index in [-0.39, 0.29) is 64.3 Å². The average molecular weight is 654 g/mol. The van der Waals surface area contributed by atoms with E-state index in [0.717, 1.165) is 43.5 Å². The van der Waals surface area contributed by atoms with Gasteiger partial charge in [-0.25, -0.2) is 8.78 Å². The zero-order valence-electron chi connectivity index (χ0n) is 29.3. The Morgan fingerprint density at radius 1 is 1.19 bits per heavy atom. The number of methoxy groups -OCH3 is 1. The van der Waals surface area contributed by atoms with E-state index < -0.39 is 24.2 Å². The number of benzene rings is 2. The number of aromatic hydroxyl groups is 1. The molecule has 48 heavy (non-hydrogen) atoms. The molecule has 2 unspecified atom stereocenters. The first-order valence-electron chi connectivity index (χ1n) is 17.4. The Morgan fingerprint density at radius 2 is 2.00 bits per heavy atom. The number of hydrogen-bond acceptors (Lipinski definition) is 9. The van der Waals surface area contributed by atoms with E-state index in [2.05, 4.69) is 39.3 Å². The second kappa shape index (κ2) is 11.2. The Hall–Kier alpha value is -4.63. The number of halogens is 2. The summed E-state index contributed by atoms with van der Waals surface area (Å²) in [6.45, 7) is 10.9. The van der Waals surface area contributed by atoms with Crippen molar-refractivity contribution >= 4 is 27.5 Å². The topological polar surface area (TPSA) is 95.9 Å². The summed E-state index contributed by atoms with van der Waals surface area (Å²) in [6, 6.07) is 5.34. The molecule has 2 atom stereocenters. The molecule has 0 aliphatic carbocycles. The predicted molar refractivity (Wildman–Crippen MR) is 180 cm³/mol. The Morgan fingerprint density at radius 3 is 2.77 bits per heavy atom. The standard InChI is InChI=1S/C37H36F2N6O3/c1-5-26-29(38)7-6-23-10-25(46)11-27(30(23)26)32-31(39)33-28(14-40-32)34(44-17-24-8-9-36(18-44,43-24)19-47-4)42-35(41-33)48-20-37-12-21(2)15-45(37)16-22(3)13-37/h1,6-7,10-11,14,24,43,46H,2-3,8-9,12-13,15-20H2,4H3/i4D3. The number of terminal acetylenes is 1. The van der Waals surface area contributed by atoms with Gasteiger partial charge in [-0.1, -0.05) is 36.3 Å². The Labute approximate surface area is 281 Å². The van der Waals surface area contributed by atoms with Gasteiger partial charge < -0.3 is 24.8 Å². The normalized spacial score (nSPS) is 24.5. The van der Waals surface area contributed by atoms with Crippen LogP contribution < -0.4 is 15.0 Å². The molecule has 11 heteroatoms. The molecular weight excluding hydrogens is 614 g/mol. The van der Waals surface area contributed by atoms with Gasteiger partial charge in [0.2, 0.25) is 0 Å². The van der Waals surface area contributed by atoms with Gasteiger partial charge >= 0.3 is 6.01 Å². The molecule has 2 aromatic carbocycles. The van der Waals surface area contributed by atoms with Crippen LogP contribution in [0.2, 0.25) is 0 Å². The molecule has 0 spiro atoms. The fourth-order valence-electron chi connectivity index (χ4n) is 8.36. The lowest BCUT2D eigenvalue weighted by Gasteiger charge is -2.41. The zero-order chi connectivity index (χ0) is 35.9. The highest BCUT2D eigenvalue weighted by Gasteiger charge is 2.48. The Kier molecular flexibility index (Phi) is 6.39. The Balaban J connectivity index is 1.26. The zero-order valence-corrected chi connectivity index (χ0v) is 26.3. The summed E-state index contributed by atoms with van der Waals surface area (Å²) in [5.41, 5.74) is 0.884. The molecule has 4 aliphatic heterocycles. The molecule has 4 saturated heterocycles. The minimum absolute atomic E-state index is 0.00241. The minimum Gasteiger partial charge on any atom is -0.508 e. The van der Waals surface area contributed by atoms with Crippen LogP contribution in [0.15, 0.2) is 54.8 Å².